The molecule has 3 rings (SSSR count). The van der Waals surface area contributed by atoms with Gasteiger partial charge in [-0.1, -0.05) is 20.8 Å². The molecule has 0 bridgehead atoms. The number of carbonyl (C=O) groups is 1. The van der Waals surface area contributed by atoms with E-state index in [4.69, 9.17) is 0 Å². The lowest BCUT2D eigenvalue weighted by Gasteiger charge is -2.39. The number of aryl methyl sites for hydroxylation is 1. The summed E-state index contributed by atoms with van der Waals surface area (Å²) >= 11 is 0. The van der Waals surface area contributed by atoms with Crippen LogP contribution in [-0.4, -0.2) is 56.8 Å². The number of piperidine rings is 1. The average Bonchev–Trinajstić information content (AvgIpc) is 2.93. The Kier molecular flexibility index (Phi) is 4.19. The Bertz CT molecular complexity index is 739. The molecule has 0 atom stereocenters. The van der Waals surface area contributed by atoms with Gasteiger partial charge < -0.3 is 9.80 Å². The fourth-order valence-corrected chi connectivity index (χ4v) is 3.23. The van der Waals surface area contributed by atoms with Crippen LogP contribution in [-0.2, 0) is 4.79 Å². The van der Waals surface area contributed by atoms with Crippen LogP contribution < -0.4 is 4.90 Å². The first-order chi connectivity index (χ1) is 11.3. The van der Waals surface area contributed by atoms with Gasteiger partial charge in [0.05, 0.1) is 0 Å². The summed E-state index contributed by atoms with van der Waals surface area (Å²) < 4.78 is 1.77. The van der Waals surface area contributed by atoms with Crippen molar-refractivity contribution in [3.8, 4) is 0 Å². The molecule has 130 valence electrons. The van der Waals surface area contributed by atoms with Crippen LogP contribution in [0.15, 0.2) is 12.1 Å². The van der Waals surface area contributed by atoms with Crippen molar-refractivity contribution in [1.82, 2.24) is 24.7 Å². The molecule has 1 saturated heterocycles. The zero-order chi connectivity index (χ0) is 17.5. The molecule has 0 aromatic carbocycles. The van der Waals surface area contributed by atoms with Gasteiger partial charge in [-0.3, -0.25) is 4.79 Å². The number of anilines is 1. The fourth-order valence-electron chi connectivity index (χ4n) is 3.23. The average molecular weight is 330 g/mol. The third-order valence-electron chi connectivity index (χ3n) is 4.70. The standard InChI is InChI=1S/C17H26N6O/c1-12-18-19-14-6-7-15(20-23(12)14)22-10-8-13(9-11-22)21(5)16(24)17(2,3)4/h6-7,13H,8-11H2,1-5H3. The van der Waals surface area contributed by atoms with Crippen molar-refractivity contribution in [3.63, 3.8) is 0 Å². The van der Waals surface area contributed by atoms with Gasteiger partial charge in [-0.25, -0.2) is 0 Å². The first kappa shape index (κ1) is 16.7. The third kappa shape index (κ3) is 3.07. The smallest absolute Gasteiger partial charge is 0.227 e. The summed E-state index contributed by atoms with van der Waals surface area (Å²) in [7, 11) is 1.93. The van der Waals surface area contributed by atoms with Gasteiger partial charge in [-0.05, 0) is 31.9 Å². The first-order valence-electron chi connectivity index (χ1n) is 8.48. The van der Waals surface area contributed by atoms with E-state index in [9.17, 15) is 4.79 Å². The molecule has 0 spiro atoms. The molecule has 3 heterocycles. The summed E-state index contributed by atoms with van der Waals surface area (Å²) in [6, 6.07) is 4.24. The summed E-state index contributed by atoms with van der Waals surface area (Å²) in [5.74, 6) is 1.94. The highest BCUT2D eigenvalue weighted by atomic mass is 16.2. The molecule has 1 aliphatic heterocycles. The summed E-state index contributed by atoms with van der Waals surface area (Å²) in [6.45, 7) is 9.61. The van der Waals surface area contributed by atoms with E-state index in [1.54, 1.807) is 4.52 Å². The van der Waals surface area contributed by atoms with Gasteiger partial charge in [0.15, 0.2) is 11.5 Å². The second-order valence-corrected chi connectivity index (χ2v) is 7.59. The van der Waals surface area contributed by atoms with Gasteiger partial charge in [0.1, 0.15) is 5.82 Å². The first-order valence-corrected chi connectivity index (χ1v) is 8.48. The van der Waals surface area contributed by atoms with Gasteiger partial charge >= 0.3 is 0 Å². The van der Waals surface area contributed by atoms with E-state index in [-0.39, 0.29) is 11.3 Å². The van der Waals surface area contributed by atoms with Crippen molar-refractivity contribution < 1.29 is 4.79 Å². The van der Waals surface area contributed by atoms with Crippen molar-refractivity contribution in [3.05, 3.63) is 18.0 Å². The SMILES string of the molecule is Cc1nnc2ccc(N3CCC(N(C)C(=O)C(C)(C)C)CC3)nn12. The van der Waals surface area contributed by atoms with Gasteiger partial charge in [0.2, 0.25) is 5.91 Å². The minimum atomic E-state index is -0.329. The highest BCUT2D eigenvalue weighted by Crippen LogP contribution is 2.24. The number of carbonyl (C=O) groups excluding carboxylic acids is 1. The summed E-state index contributed by atoms with van der Waals surface area (Å²) in [4.78, 5) is 16.6. The van der Waals surface area contributed by atoms with E-state index < -0.39 is 0 Å². The van der Waals surface area contributed by atoms with Gasteiger partial charge in [-0.15, -0.1) is 15.3 Å². The molecule has 1 aliphatic rings. The van der Waals surface area contributed by atoms with E-state index >= 15 is 0 Å². The van der Waals surface area contributed by atoms with Crippen molar-refractivity contribution in [2.45, 2.75) is 46.6 Å². The molecule has 7 heteroatoms. The lowest BCUT2D eigenvalue weighted by molar-refractivity contribution is -0.140. The third-order valence-corrected chi connectivity index (χ3v) is 4.70. The number of fused-ring (bicyclic) bond motifs is 1. The second kappa shape index (κ2) is 6.03. The fraction of sp³-hybridized carbons (Fsp3) is 0.647. The van der Waals surface area contributed by atoms with E-state index in [1.165, 1.54) is 0 Å². The van der Waals surface area contributed by atoms with Crippen molar-refractivity contribution in [2.75, 3.05) is 25.0 Å². The van der Waals surface area contributed by atoms with Crippen LogP contribution in [0, 0.1) is 12.3 Å². The van der Waals surface area contributed by atoms with Crippen molar-refractivity contribution in [2.24, 2.45) is 5.41 Å². The molecule has 7 nitrogen and oxygen atoms in total. The predicted octanol–water partition coefficient (Wildman–Crippen LogP) is 1.91. The molecule has 2 aromatic rings. The number of amides is 1. The van der Waals surface area contributed by atoms with Gasteiger partial charge in [0, 0.05) is 31.6 Å². The van der Waals surface area contributed by atoms with Crippen LogP contribution >= 0.6 is 0 Å². The zero-order valence-electron chi connectivity index (χ0n) is 15.2. The topological polar surface area (TPSA) is 66.6 Å². The normalized spacial score (nSPS) is 16.6. The number of nitrogens with zero attached hydrogens (tertiary/aromatic N) is 6. The quantitative estimate of drug-likeness (QED) is 0.841. The maximum Gasteiger partial charge on any atom is 0.227 e. The highest BCUT2D eigenvalue weighted by Gasteiger charge is 2.31. The summed E-state index contributed by atoms with van der Waals surface area (Å²) in [5, 5.41) is 12.8. The summed E-state index contributed by atoms with van der Waals surface area (Å²) in [6.07, 6.45) is 1.92. The Hall–Kier alpha value is -2.18. The molecule has 0 N–H and O–H groups in total. The van der Waals surface area contributed by atoms with Gasteiger partial charge in [-0.2, -0.15) is 4.52 Å². The molecule has 24 heavy (non-hydrogen) atoms. The van der Waals surface area contributed by atoms with Crippen molar-refractivity contribution in [1.29, 1.82) is 0 Å². The number of rotatable bonds is 2. The Morgan fingerprint density at radius 3 is 2.50 bits per heavy atom. The maximum atomic E-state index is 12.5. The Balaban J connectivity index is 1.68. The molecular formula is C17H26N6O. The molecule has 0 saturated carbocycles. The van der Waals surface area contributed by atoms with Gasteiger partial charge in [0.25, 0.3) is 0 Å². The molecule has 1 amide bonds. The molecular weight excluding hydrogens is 304 g/mol. The Morgan fingerprint density at radius 1 is 1.21 bits per heavy atom. The van der Waals surface area contributed by atoms with Crippen LogP contribution in [0.1, 0.15) is 39.4 Å². The van der Waals surface area contributed by atoms with Crippen molar-refractivity contribution >= 4 is 17.4 Å². The van der Waals surface area contributed by atoms with Crippen LogP contribution in [0.4, 0.5) is 5.82 Å². The highest BCUT2D eigenvalue weighted by molar-refractivity contribution is 5.81. The zero-order valence-corrected chi connectivity index (χ0v) is 15.2. The lowest BCUT2D eigenvalue weighted by Crippen LogP contribution is -2.48. The van der Waals surface area contributed by atoms with E-state index in [1.807, 2.05) is 51.8 Å². The van der Waals surface area contributed by atoms with Crippen LogP contribution in [0.5, 0.6) is 0 Å². The van der Waals surface area contributed by atoms with E-state index in [2.05, 4.69) is 20.2 Å². The molecule has 0 unspecified atom stereocenters. The molecule has 1 fully saturated rings. The van der Waals surface area contributed by atoms with Crippen LogP contribution in [0.3, 0.4) is 0 Å². The molecule has 0 aliphatic carbocycles. The van der Waals surface area contributed by atoms with Crippen LogP contribution in [0.25, 0.3) is 5.65 Å². The number of hydrogen-bond acceptors (Lipinski definition) is 5. The maximum absolute atomic E-state index is 12.5. The monoisotopic (exact) mass is 330 g/mol. The predicted molar refractivity (Wildman–Crippen MR) is 93.0 cm³/mol. The lowest BCUT2D eigenvalue weighted by atomic mass is 9.92. The second-order valence-electron chi connectivity index (χ2n) is 7.59. The summed E-state index contributed by atoms with van der Waals surface area (Å²) in [5.41, 5.74) is 0.436. The van der Waals surface area contributed by atoms with E-state index in [0.717, 1.165) is 43.2 Å². The molecule has 0 radical (unpaired) electrons. The molecule has 2 aromatic heterocycles. The van der Waals surface area contributed by atoms with E-state index in [0.29, 0.717) is 6.04 Å². The Morgan fingerprint density at radius 2 is 1.88 bits per heavy atom. The number of hydrogen-bond donors (Lipinski definition) is 0. The Labute approximate surface area is 142 Å². The number of aromatic nitrogens is 4. The van der Waals surface area contributed by atoms with Crippen LogP contribution in [0.2, 0.25) is 0 Å². The largest absolute Gasteiger partial charge is 0.355 e. The minimum absolute atomic E-state index is 0.209. The minimum Gasteiger partial charge on any atom is -0.355 e.